The van der Waals surface area contributed by atoms with Crippen molar-refractivity contribution < 1.29 is 9.52 Å². The van der Waals surface area contributed by atoms with E-state index in [1.165, 1.54) is 0 Å². The van der Waals surface area contributed by atoms with Crippen LogP contribution in [0.15, 0.2) is 10.7 Å². The van der Waals surface area contributed by atoms with Crippen molar-refractivity contribution in [2.24, 2.45) is 0 Å². The number of aryl methyl sites for hydroxylation is 1. The summed E-state index contributed by atoms with van der Waals surface area (Å²) in [6, 6.07) is 0. The molecule has 1 saturated heterocycles. The standard InChI is InChI=1S/C10H16N2O2/c1-3-10(13)6-12(7-10)4-9-5-14-8(2)11-9/h5,13H,3-4,6-7H2,1-2H3. The van der Waals surface area contributed by atoms with Gasteiger partial charge in [0.1, 0.15) is 6.26 Å². The van der Waals surface area contributed by atoms with Gasteiger partial charge in [-0.15, -0.1) is 0 Å². The second-order valence-corrected chi connectivity index (χ2v) is 4.08. The minimum absolute atomic E-state index is 0.460. The van der Waals surface area contributed by atoms with Crippen molar-refractivity contribution in [1.29, 1.82) is 0 Å². The van der Waals surface area contributed by atoms with Crippen LogP contribution in [0.5, 0.6) is 0 Å². The highest BCUT2D eigenvalue weighted by molar-refractivity contribution is 5.01. The van der Waals surface area contributed by atoms with Gasteiger partial charge in [-0.1, -0.05) is 6.92 Å². The zero-order valence-electron chi connectivity index (χ0n) is 8.66. The van der Waals surface area contributed by atoms with E-state index in [0.717, 1.165) is 31.7 Å². The average molecular weight is 196 g/mol. The lowest BCUT2D eigenvalue weighted by molar-refractivity contribution is -0.103. The molecule has 4 nitrogen and oxygen atoms in total. The Bertz CT molecular complexity index is 316. The molecular weight excluding hydrogens is 180 g/mol. The predicted octanol–water partition coefficient (Wildman–Crippen LogP) is 0.940. The summed E-state index contributed by atoms with van der Waals surface area (Å²) in [4.78, 5) is 6.38. The number of oxazole rings is 1. The average Bonchev–Trinajstić information content (AvgIpc) is 2.48. The largest absolute Gasteiger partial charge is 0.449 e. The number of likely N-dealkylation sites (tertiary alicyclic amines) is 1. The predicted molar refractivity (Wildman–Crippen MR) is 51.8 cm³/mol. The molecule has 1 aliphatic heterocycles. The monoisotopic (exact) mass is 196 g/mol. The van der Waals surface area contributed by atoms with Gasteiger partial charge in [0.15, 0.2) is 5.89 Å². The number of hydrogen-bond acceptors (Lipinski definition) is 4. The van der Waals surface area contributed by atoms with Gasteiger partial charge in [-0.2, -0.15) is 0 Å². The summed E-state index contributed by atoms with van der Waals surface area (Å²) < 4.78 is 5.11. The number of aliphatic hydroxyl groups is 1. The zero-order valence-corrected chi connectivity index (χ0v) is 8.66. The van der Waals surface area contributed by atoms with Crippen LogP contribution in [0.1, 0.15) is 24.9 Å². The highest BCUT2D eigenvalue weighted by Crippen LogP contribution is 2.25. The highest BCUT2D eigenvalue weighted by Gasteiger charge is 2.39. The van der Waals surface area contributed by atoms with Crippen molar-refractivity contribution in [2.75, 3.05) is 13.1 Å². The summed E-state index contributed by atoms with van der Waals surface area (Å²) in [5.74, 6) is 0.700. The molecular formula is C10H16N2O2. The maximum Gasteiger partial charge on any atom is 0.191 e. The van der Waals surface area contributed by atoms with Crippen LogP contribution in [0.2, 0.25) is 0 Å². The molecule has 78 valence electrons. The smallest absolute Gasteiger partial charge is 0.191 e. The number of nitrogens with zero attached hydrogens (tertiary/aromatic N) is 2. The Morgan fingerprint density at radius 3 is 2.86 bits per heavy atom. The van der Waals surface area contributed by atoms with Crippen molar-refractivity contribution >= 4 is 0 Å². The van der Waals surface area contributed by atoms with Gasteiger partial charge in [0.05, 0.1) is 11.3 Å². The summed E-state index contributed by atoms with van der Waals surface area (Å²) in [5.41, 5.74) is 0.486. The normalized spacial score (nSPS) is 20.8. The van der Waals surface area contributed by atoms with Crippen LogP contribution in [-0.2, 0) is 6.54 Å². The minimum Gasteiger partial charge on any atom is -0.449 e. The molecule has 1 fully saturated rings. The van der Waals surface area contributed by atoms with Crippen molar-refractivity contribution in [3.63, 3.8) is 0 Å². The summed E-state index contributed by atoms with van der Waals surface area (Å²) in [6.45, 7) is 6.12. The van der Waals surface area contributed by atoms with Crippen LogP contribution in [0.4, 0.5) is 0 Å². The molecule has 0 aliphatic carbocycles. The zero-order chi connectivity index (χ0) is 10.2. The van der Waals surface area contributed by atoms with Gasteiger partial charge in [-0.05, 0) is 6.42 Å². The molecule has 0 bridgehead atoms. The van der Waals surface area contributed by atoms with E-state index in [-0.39, 0.29) is 0 Å². The van der Waals surface area contributed by atoms with Crippen LogP contribution in [0.25, 0.3) is 0 Å². The minimum atomic E-state index is -0.460. The molecule has 1 aliphatic rings. The lowest BCUT2D eigenvalue weighted by atomic mass is 9.91. The number of rotatable bonds is 3. The van der Waals surface area contributed by atoms with Crippen LogP contribution in [-0.4, -0.2) is 33.7 Å². The molecule has 0 saturated carbocycles. The van der Waals surface area contributed by atoms with Gasteiger partial charge in [0.2, 0.25) is 0 Å². The van der Waals surface area contributed by atoms with Crippen LogP contribution >= 0.6 is 0 Å². The fraction of sp³-hybridized carbons (Fsp3) is 0.700. The first kappa shape index (κ1) is 9.68. The van der Waals surface area contributed by atoms with E-state index in [1.54, 1.807) is 6.26 Å². The number of hydrogen-bond donors (Lipinski definition) is 1. The van der Waals surface area contributed by atoms with E-state index < -0.39 is 5.60 Å². The number of β-amino-alcohol motifs (C(OH)–C–C–N with tert-alkyl or cyclic N) is 1. The lowest BCUT2D eigenvalue weighted by Crippen LogP contribution is -2.60. The van der Waals surface area contributed by atoms with E-state index in [2.05, 4.69) is 9.88 Å². The molecule has 0 amide bonds. The summed E-state index contributed by atoms with van der Waals surface area (Å²) in [6.07, 6.45) is 2.50. The van der Waals surface area contributed by atoms with Crippen molar-refractivity contribution in [2.45, 2.75) is 32.4 Å². The van der Waals surface area contributed by atoms with Gasteiger partial charge in [0.25, 0.3) is 0 Å². The first-order valence-electron chi connectivity index (χ1n) is 4.97. The number of aromatic nitrogens is 1. The Morgan fingerprint density at radius 1 is 1.64 bits per heavy atom. The van der Waals surface area contributed by atoms with Crippen LogP contribution in [0.3, 0.4) is 0 Å². The van der Waals surface area contributed by atoms with Crippen LogP contribution < -0.4 is 0 Å². The molecule has 4 heteroatoms. The maximum absolute atomic E-state index is 9.79. The van der Waals surface area contributed by atoms with E-state index >= 15 is 0 Å². The summed E-state index contributed by atoms with van der Waals surface area (Å²) in [5, 5.41) is 9.79. The van der Waals surface area contributed by atoms with Crippen molar-refractivity contribution in [3.05, 3.63) is 17.8 Å². The third-order valence-corrected chi connectivity index (χ3v) is 2.75. The summed E-state index contributed by atoms with van der Waals surface area (Å²) >= 11 is 0. The Hall–Kier alpha value is -0.870. The molecule has 0 unspecified atom stereocenters. The Morgan fingerprint density at radius 2 is 2.36 bits per heavy atom. The Kier molecular flexibility index (Phi) is 2.33. The van der Waals surface area contributed by atoms with E-state index in [4.69, 9.17) is 4.42 Å². The third-order valence-electron chi connectivity index (χ3n) is 2.75. The maximum atomic E-state index is 9.79. The fourth-order valence-electron chi connectivity index (χ4n) is 1.83. The second kappa shape index (κ2) is 3.37. The van der Waals surface area contributed by atoms with Gasteiger partial charge in [0, 0.05) is 26.6 Å². The first-order valence-corrected chi connectivity index (χ1v) is 4.97. The molecule has 1 aromatic rings. The molecule has 2 rings (SSSR count). The van der Waals surface area contributed by atoms with Gasteiger partial charge < -0.3 is 9.52 Å². The fourth-order valence-corrected chi connectivity index (χ4v) is 1.83. The van der Waals surface area contributed by atoms with Gasteiger partial charge >= 0.3 is 0 Å². The van der Waals surface area contributed by atoms with E-state index in [0.29, 0.717) is 5.89 Å². The second-order valence-electron chi connectivity index (χ2n) is 4.08. The molecule has 14 heavy (non-hydrogen) atoms. The molecule has 1 aromatic heterocycles. The molecule has 0 spiro atoms. The molecule has 2 heterocycles. The SMILES string of the molecule is CCC1(O)CN(Cc2coc(C)n2)C1. The van der Waals surface area contributed by atoms with E-state index in [1.807, 2.05) is 13.8 Å². The van der Waals surface area contributed by atoms with Crippen molar-refractivity contribution in [3.8, 4) is 0 Å². The molecule has 0 aromatic carbocycles. The third kappa shape index (κ3) is 1.81. The topological polar surface area (TPSA) is 49.5 Å². The van der Waals surface area contributed by atoms with E-state index in [9.17, 15) is 5.11 Å². The first-order chi connectivity index (χ1) is 6.61. The lowest BCUT2D eigenvalue weighted by Gasteiger charge is -2.45. The highest BCUT2D eigenvalue weighted by atomic mass is 16.3. The van der Waals surface area contributed by atoms with Crippen molar-refractivity contribution in [1.82, 2.24) is 9.88 Å². The summed E-state index contributed by atoms with van der Waals surface area (Å²) in [7, 11) is 0. The molecule has 1 N–H and O–H groups in total. The van der Waals surface area contributed by atoms with Crippen LogP contribution in [0, 0.1) is 6.92 Å². The van der Waals surface area contributed by atoms with Gasteiger partial charge in [-0.25, -0.2) is 4.98 Å². The van der Waals surface area contributed by atoms with Gasteiger partial charge in [-0.3, -0.25) is 4.90 Å². The molecule has 0 radical (unpaired) electrons. The quantitative estimate of drug-likeness (QED) is 0.781. The Balaban J connectivity index is 1.85. The Labute approximate surface area is 83.5 Å². The molecule has 0 atom stereocenters.